The van der Waals surface area contributed by atoms with Crippen LogP contribution in [0.5, 0.6) is 0 Å². The van der Waals surface area contributed by atoms with Crippen LogP contribution >= 0.6 is 35.3 Å². The van der Waals surface area contributed by atoms with Crippen LogP contribution in [-0.4, -0.2) is 15.9 Å². The smallest absolute Gasteiger partial charge is 0.164 e. The van der Waals surface area contributed by atoms with Gasteiger partial charge >= 0.3 is 0 Å². The largest absolute Gasteiger partial charge is 0.512 e. The maximum atomic E-state index is 12.2. The van der Waals surface area contributed by atoms with Crippen molar-refractivity contribution < 1.29 is 30.0 Å². The summed E-state index contributed by atoms with van der Waals surface area (Å²) in [6, 6.07) is 16.9. The van der Waals surface area contributed by atoms with Gasteiger partial charge in [0.05, 0.1) is 0 Å². The molecule has 3 heterocycles. The molecule has 5 aromatic rings. The van der Waals surface area contributed by atoms with Crippen molar-refractivity contribution in [1.29, 1.82) is 0 Å². The number of thiophene rings is 2. The third-order valence-corrected chi connectivity index (χ3v) is 12.6. The number of thiol groups is 1. The van der Waals surface area contributed by atoms with Crippen LogP contribution in [0, 0.1) is 16.9 Å². The number of ketones is 1. The predicted octanol–water partition coefficient (Wildman–Crippen LogP) is 13.4. The third-order valence-electron chi connectivity index (χ3n) is 10.2. The Hall–Kier alpha value is -2.28. The zero-order valence-electron chi connectivity index (χ0n) is 30.0. The molecule has 5 rings (SSSR count). The summed E-state index contributed by atoms with van der Waals surface area (Å²) in [5.74, 6) is 0.286. The quantitative estimate of drug-likeness (QED) is 0.0671. The van der Waals surface area contributed by atoms with Crippen LogP contribution in [0.1, 0.15) is 106 Å². The van der Waals surface area contributed by atoms with E-state index >= 15 is 0 Å². The molecular formula is C41H50IrNO2S3-. The number of nitrogens with zero attached hydrogens (tertiary/aromatic N) is 1. The van der Waals surface area contributed by atoms with Crippen LogP contribution in [0.4, 0.5) is 0 Å². The molecule has 0 aliphatic carbocycles. The van der Waals surface area contributed by atoms with Gasteiger partial charge in [0.25, 0.3) is 0 Å². The maximum absolute atomic E-state index is 12.2. The average molecular weight is 877 g/mol. The van der Waals surface area contributed by atoms with E-state index in [9.17, 15) is 9.90 Å². The predicted molar refractivity (Wildman–Crippen MR) is 211 cm³/mol. The van der Waals surface area contributed by atoms with Gasteiger partial charge in [0.2, 0.25) is 0 Å². The van der Waals surface area contributed by atoms with Gasteiger partial charge in [-0.05, 0) is 87.6 Å². The number of rotatable bonds is 9. The number of aliphatic hydroxyl groups excluding tert-OH is 1. The molecule has 0 amide bonds. The number of hydrogen-bond donors (Lipinski definition) is 2. The Bertz CT molecular complexity index is 1950. The van der Waals surface area contributed by atoms with Gasteiger partial charge in [-0.1, -0.05) is 85.6 Å². The van der Waals surface area contributed by atoms with Crippen LogP contribution in [0.2, 0.25) is 0 Å². The molecule has 0 atom stereocenters. The number of aromatic nitrogens is 1. The first kappa shape index (κ1) is 40.2. The molecule has 0 saturated heterocycles. The summed E-state index contributed by atoms with van der Waals surface area (Å²) in [6.45, 7) is 21.0. The molecule has 0 aliphatic rings. The zero-order chi connectivity index (χ0) is 34.7. The van der Waals surface area contributed by atoms with Crippen LogP contribution in [-0.2, 0) is 30.3 Å². The topological polar surface area (TPSA) is 50.2 Å². The Kier molecular flexibility index (Phi) is 13.5. The van der Waals surface area contributed by atoms with Gasteiger partial charge in [-0.3, -0.25) is 9.78 Å². The van der Waals surface area contributed by atoms with E-state index in [4.69, 9.17) is 4.98 Å². The van der Waals surface area contributed by atoms with E-state index in [1.54, 1.807) is 11.3 Å². The number of allylic oxidation sites excluding steroid dienone is 3. The molecule has 48 heavy (non-hydrogen) atoms. The minimum atomic E-state index is -0.337. The molecule has 0 spiro atoms. The molecule has 2 aromatic carbocycles. The number of aliphatic hydroxyl groups is 1. The van der Waals surface area contributed by atoms with Crippen molar-refractivity contribution in [3.8, 4) is 11.3 Å². The minimum absolute atomic E-state index is 0. The monoisotopic (exact) mass is 877 g/mol. The molecule has 0 bridgehead atoms. The van der Waals surface area contributed by atoms with Crippen molar-refractivity contribution in [3.63, 3.8) is 0 Å². The van der Waals surface area contributed by atoms with E-state index in [0.717, 1.165) is 36.9 Å². The second-order valence-electron chi connectivity index (χ2n) is 14.1. The van der Waals surface area contributed by atoms with Crippen molar-refractivity contribution in [2.45, 2.75) is 100 Å². The second kappa shape index (κ2) is 16.2. The van der Waals surface area contributed by atoms with Gasteiger partial charge in [-0.15, -0.1) is 34.9 Å². The van der Waals surface area contributed by atoms with Crippen molar-refractivity contribution in [2.75, 3.05) is 0 Å². The summed E-state index contributed by atoms with van der Waals surface area (Å²) < 4.78 is 3.86. The fourth-order valence-corrected chi connectivity index (χ4v) is 7.99. The van der Waals surface area contributed by atoms with Gasteiger partial charge in [-0.25, -0.2) is 0 Å². The second-order valence-corrected chi connectivity index (χ2v) is 16.4. The molecule has 3 nitrogen and oxygen atoms in total. The van der Waals surface area contributed by atoms with Gasteiger partial charge in [0.1, 0.15) is 5.76 Å². The summed E-state index contributed by atoms with van der Waals surface area (Å²) in [5, 5.41) is 17.8. The molecule has 259 valence electrons. The summed E-state index contributed by atoms with van der Waals surface area (Å²) in [4.78, 5) is 17.0. The molecule has 0 aliphatic heterocycles. The van der Waals surface area contributed by atoms with E-state index in [1.165, 1.54) is 53.0 Å². The zero-order valence-corrected chi connectivity index (χ0v) is 34.9. The molecule has 0 saturated carbocycles. The van der Waals surface area contributed by atoms with Crippen LogP contribution in [0.3, 0.4) is 0 Å². The van der Waals surface area contributed by atoms with E-state index in [0.29, 0.717) is 0 Å². The SMILES string of the molecule is C/C(=C/S)c1ccc2c(c1)sc1ccnc(-c3[c-]c4ccsc4c(C(C)(C)C)c3)c12.CCC(C)(CC)C(=O)/C=C(\O)C(C)(CC)CC.[Ir]. The molecule has 7 heteroatoms. The van der Waals surface area contributed by atoms with E-state index in [2.05, 4.69) is 88.2 Å². The Morgan fingerprint density at radius 1 is 0.938 bits per heavy atom. The standard InChI is InChI=1S/C26H22NS3.C15H28O2.Ir/c1-15(14-28)16-5-6-19-22(13-16)30-21-7-9-27-24(23(19)21)18-11-17-8-10-29-25(17)20(12-18)26(2,3)4;1-7-14(5,8-2)12(16)11-13(17)15(6,9-3)10-4;/h5-10,12-14,28H,1-4H3;11,16H,7-10H2,1-6H3;/q-1;;/b15-14-;12-11-;. The Balaban J connectivity index is 0.000000301. The first-order valence-corrected chi connectivity index (χ1v) is 18.9. The molecule has 0 fully saturated rings. The van der Waals surface area contributed by atoms with E-state index in [1.807, 2.05) is 64.5 Å². The van der Waals surface area contributed by atoms with Gasteiger partial charge in [0, 0.05) is 58.3 Å². The third kappa shape index (κ3) is 8.19. The summed E-state index contributed by atoms with van der Waals surface area (Å²) >= 11 is 7.94. The van der Waals surface area contributed by atoms with Gasteiger partial charge < -0.3 is 5.11 Å². The van der Waals surface area contributed by atoms with Gasteiger partial charge in [-0.2, -0.15) is 24.0 Å². The number of pyridine rings is 1. The number of fused-ring (bicyclic) bond motifs is 4. The van der Waals surface area contributed by atoms with Crippen molar-refractivity contribution in [2.24, 2.45) is 10.8 Å². The molecule has 0 unspecified atom stereocenters. The average Bonchev–Trinajstić information content (AvgIpc) is 3.70. The van der Waals surface area contributed by atoms with Crippen molar-refractivity contribution in [1.82, 2.24) is 4.98 Å². The Morgan fingerprint density at radius 3 is 2.17 bits per heavy atom. The summed E-state index contributed by atoms with van der Waals surface area (Å²) in [7, 11) is 0. The maximum Gasteiger partial charge on any atom is 0.164 e. The fraction of sp³-hybridized carbons (Fsp3) is 0.415. The molecule has 1 N–H and O–H groups in total. The van der Waals surface area contributed by atoms with E-state index < -0.39 is 0 Å². The number of carbonyl (C=O) groups excluding carboxylic acids is 1. The summed E-state index contributed by atoms with van der Waals surface area (Å²) in [6.07, 6.45) is 6.68. The first-order valence-electron chi connectivity index (χ1n) is 16.7. The fourth-order valence-electron chi connectivity index (χ4n) is 5.62. The van der Waals surface area contributed by atoms with Crippen LogP contribution in [0.25, 0.3) is 47.1 Å². The first-order chi connectivity index (χ1) is 22.2. The van der Waals surface area contributed by atoms with Crippen molar-refractivity contribution >= 4 is 76.9 Å². The minimum Gasteiger partial charge on any atom is -0.512 e. The van der Waals surface area contributed by atoms with Gasteiger partial charge in [0.15, 0.2) is 5.78 Å². The number of benzene rings is 2. The molecule has 1 radical (unpaired) electrons. The number of hydrogen-bond acceptors (Lipinski definition) is 6. The van der Waals surface area contributed by atoms with Crippen LogP contribution < -0.4 is 0 Å². The van der Waals surface area contributed by atoms with Crippen LogP contribution in [0.15, 0.2) is 65.2 Å². The van der Waals surface area contributed by atoms with Crippen molar-refractivity contribution in [3.05, 3.63) is 82.4 Å². The Labute approximate surface area is 314 Å². The summed E-state index contributed by atoms with van der Waals surface area (Å²) in [5.41, 5.74) is 5.29. The molecular weight excluding hydrogens is 827 g/mol. The van der Waals surface area contributed by atoms with E-state index in [-0.39, 0.29) is 47.9 Å². The normalized spacial score (nSPS) is 13.1. The molecule has 3 aromatic heterocycles. The Morgan fingerprint density at radius 2 is 1.58 bits per heavy atom. The number of carbonyl (C=O) groups is 1.